The number of rotatable bonds is 6. The second-order valence-electron chi connectivity index (χ2n) is 9.33. The molecule has 1 saturated carbocycles. The Morgan fingerprint density at radius 2 is 1.79 bits per heavy atom. The van der Waals surface area contributed by atoms with E-state index in [1.165, 1.54) is 5.56 Å². The predicted molar refractivity (Wildman–Crippen MR) is 132 cm³/mol. The van der Waals surface area contributed by atoms with Crippen molar-refractivity contribution in [3.8, 4) is 5.75 Å². The highest BCUT2D eigenvalue weighted by molar-refractivity contribution is 5.95. The molecular formula is C29H30N2O3. The van der Waals surface area contributed by atoms with Gasteiger partial charge in [0.05, 0.1) is 6.04 Å². The van der Waals surface area contributed by atoms with Crippen LogP contribution in [0.4, 0.5) is 0 Å². The zero-order chi connectivity index (χ0) is 23.7. The van der Waals surface area contributed by atoms with Crippen molar-refractivity contribution in [2.45, 2.75) is 51.3 Å². The molecule has 3 aromatic rings. The Hall–Kier alpha value is -3.60. The minimum Gasteiger partial charge on any atom is -0.481 e. The van der Waals surface area contributed by atoms with Crippen LogP contribution >= 0.6 is 0 Å². The highest BCUT2D eigenvalue weighted by Crippen LogP contribution is 2.38. The Morgan fingerprint density at radius 1 is 1.00 bits per heavy atom. The SMILES string of the molecule is Cc1cccc([C@@H]2c3cc(O[C@H](C)C(=O)NC4CC4)ccc3CCN2C(=O)c2ccccc2)c1. The summed E-state index contributed by atoms with van der Waals surface area (Å²) in [6.07, 6.45) is 2.28. The van der Waals surface area contributed by atoms with E-state index in [-0.39, 0.29) is 17.9 Å². The zero-order valence-electron chi connectivity index (χ0n) is 19.7. The molecule has 2 aliphatic rings. The van der Waals surface area contributed by atoms with Gasteiger partial charge in [-0.3, -0.25) is 9.59 Å². The zero-order valence-corrected chi connectivity index (χ0v) is 19.7. The molecule has 1 aliphatic carbocycles. The molecule has 3 aromatic carbocycles. The average molecular weight is 455 g/mol. The van der Waals surface area contributed by atoms with Crippen molar-refractivity contribution in [2.24, 2.45) is 0 Å². The molecule has 0 radical (unpaired) electrons. The number of nitrogens with one attached hydrogen (secondary N) is 1. The van der Waals surface area contributed by atoms with Crippen LogP contribution in [-0.2, 0) is 11.2 Å². The number of amides is 2. The summed E-state index contributed by atoms with van der Waals surface area (Å²) in [7, 11) is 0. The molecule has 1 fully saturated rings. The second-order valence-corrected chi connectivity index (χ2v) is 9.33. The molecular weight excluding hydrogens is 424 g/mol. The van der Waals surface area contributed by atoms with Crippen molar-refractivity contribution >= 4 is 11.8 Å². The van der Waals surface area contributed by atoms with Crippen molar-refractivity contribution in [3.05, 3.63) is 101 Å². The predicted octanol–water partition coefficient (Wildman–Crippen LogP) is 4.83. The van der Waals surface area contributed by atoms with E-state index < -0.39 is 6.10 Å². The summed E-state index contributed by atoms with van der Waals surface area (Å²) in [5.41, 5.74) is 5.15. The van der Waals surface area contributed by atoms with Gasteiger partial charge in [0.25, 0.3) is 11.8 Å². The second kappa shape index (κ2) is 9.34. The van der Waals surface area contributed by atoms with Crippen LogP contribution in [0.3, 0.4) is 0 Å². The van der Waals surface area contributed by atoms with E-state index in [1.54, 1.807) is 6.92 Å². The van der Waals surface area contributed by atoms with E-state index in [2.05, 4.69) is 36.5 Å². The maximum atomic E-state index is 13.6. The lowest BCUT2D eigenvalue weighted by molar-refractivity contribution is -0.127. The molecule has 0 spiro atoms. The van der Waals surface area contributed by atoms with Crippen LogP contribution in [0, 0.1) is 6.92 Å². The van der Waals surface area contributed by atoms with Gasteiger partial charge in [0.2, 0.25) is 0 Å². The van der Waals surface area contributed by atoms with Crippen LogP contribution in [-0.4, -0.2) is 35.4 Å². The Morgan fingerprint density at radius 3 is 2.53 bits per heavy atom. The third-order valence-electron chi connectivity index (χ3n) is 6.59. The third kappa shape index (κ3) is 4.69. The van der Waals surface area contributed by atoms with Crippen LogP contribution in [0.5, 0.6) is 5.75 Å². The maximum absolute atomic E-state index is 13.6. The lowest BCUT2D eigenvalue weighted by Gasteiger charge is -2.38. The summed E-state index contributed by atoms with van der Waals surface area (Å²) in [4.78, 5) is 28.0. The summed E-state index contributed by atoms with van der Waals surface area (Å²) in [6, 6.07) is 23.9. The van der Waals surface area contributed by atoms with Gasteiger partial charge in [-0.2, -0.15) is 0 Å². The first-order chi connectivity index (χ1) is 16.5. The molecule has 1 heterocycles. The Kier molecular flexibility index (Phi) is 6.10. The van der Waals surface area contributed by atoms with Crippen LogP contribution in [0.25, 0.3) is 0 Å². The van der Waals surface area contributed by atoms with Gasteiger partial charge in [0.1, 0.15) is 5.75 Å². The van der Waals surface area contributed by atoms with Gasteiger partial charge >= 0.3 is 0 Å². The first-order valence-corrected chi connectivity index (χ1v) is 12.0. The van der Waals surface area contributed by atoms with Crippen molar-refractivity contribution < 1.29 is 14.3 Å². The molecule has 1 aliphatic heterocycles. The van der Waals surface area contributed by atoms with Crippen molar-refractivity contribution in [1.82, 2.24) is 10.2 Å². The van der Waals surface area contributed by atoms with Crippen LogP contribution < -0.4 is 10.1 Å². The number of nitrogens with zero attached hydrogens (tertiary/aromatic N) is 1. The summed E-state index contributed by atoms with van der Waals surface area (Å²) in [6.45, 7) is 4.48. The van der Waals surface area contributed by atoms with Gasteiger partial charge in [-0.05, 0) is 74.1 Å². The molecule has 2 atom stereocenters. The van der Waals surface area contributed by atoms with E-state index >= 15 is 0 Å². The highest BCUT2D eigenvalue weighted by atomic mass is 16.5. The van der Waals surface area contributed by atoms with Crippen LogP contribution in [0.15, 0.2) is 72.8 Å². The van der Waals surface area contributed by atoms with E-state index in [4.69, 9.17) is 4.74 Å². The van der Waals surface area contributed by atoms with E-state index in [0.29, 0.717) is 23.9 Å². The number of hydrogen-bond acceptors (Lipinski definition) is 3. The number of ether oxygens (including phenoxy) is 1. The van der Waals surface area contributed by atoms with Crippen molar-refractivity contribution in [3.63, 3.8) is 0 Å². The summed E-state index contributed by atoms with van der Waals surface area (Å²) in [5.74, 6) is 0.571. The Bertz CT molecular complexity index is 1200. The fourth-order valence-electron chi connectivity index (χ4n) is 4.64. The largest absolute Gasteiger partial charge is 0.481 e. The van der Waals surface area contributed by atoms with Gasteiger partial charge in [0.15, 0.2) is 6.10 Å². The molecule has 5 rings (SSSR count). The number of aryl methyl sites for hydroxylation is 1. The van der Waals surface area contributed by atoms with Gasteiger partial charge in [-0.1, -0.05) is 54.1 Å². The normalized spacial score (nSPS) is 18.1. The molecule has 0 unspecified atom stereocenters. The van der Waals surface area contributed by atoms with E-state index in [0.717, 1.165) is 36.0 Å². The Balaban J connectivity index is 1.49. The fourth-order valence-corrected chi connectivity index (χ4v) is 4.64. The van der Waals surface area contributed by atoms with Crippen molar-refractivity contribution in [2.75, 3.05) is 6.54 Å². The molecule has 2 amide bonds. The van der Waals surface area contributed by atoms with Gasteiger partial charge in [0, 0.05) is 18.2 Å². The van der Waals surface area contributed by atoms with Gasteiger partial charge in [-0.15, -0.1) is 0 Å². The summed E-state index contributed by atoms with van der Waals surface area (Å²) in [5, 5.41) is 3.00. The molecule has 1 N–H and O–H groups in total. The van der Waals surface area contributed by atoms with E-state index in [1.807, 2.05) is 53.4 Å². The summed E-state index contributed by atoms with van der Waals surface area (Å²) >= 11 is 0. The fraction of sp³-hybridized carbons (Fsp3) is 0.310. The molecule has 0 aromatic heterocycles. The van der Waals surface area contributed by atoms with Gasteiger partial charge in [-0.25, -0.2) is 0 Å². The standard InChI is InChI=1S/C29H30N2O3/c1-19-7-6-10-23(17-19)27-26-18-25(34-20(2)28(32)30-24-12-13-24)14-11-21(26)15-16-31(27)29(33)22-8-4-3-5-9-22/h3-11,14,17-18,20,24,27H,12-13,15-16H2,1-2H3,(H,30,32)/t20-,27-/m1/s1. The maximum Gasteiger partial charge on any atom is 0.260 e. The molecule has 0 bridgehead atoms. The van der Waals surface area contributed by atoms with Crippen LogP contribution in [0.1, 0.15) is 58.4 Å². The molecule has 5 heteroatoms. The van der Waals surface area contributed by atoms with E-state index in [9.17, 15) is 9.59 Å². The number of carbonyl (C=O) groups excluding carboxylic acids is 2. The average Bonchev–Trinajstić information content (AvgIpc) is 3.67. The molecule has 0 saturated heterocycles. The smallest absolute Gasteiger partial charge is 0.260 e. The number of carbonyl (C=O) groups is 2. The molecule has 5 nitrogen and oxygen atoms in total. The van der Waals surface area contributed by atoms with Crippen LogP contribution in [0.2, 0.25) is 0 Å². The lowest BCUT2D eigenvalue weighted by Crippen LogP contribution is -2.41. The quantitative estimate of drug-likeness (QED) is 0.581. The minimum absolute atomic E-state index is 0.0151. The Labute approximate surface area is 200 Å². The number of hydrogen-bond donors (Lipinski definition) is 1. The highest BCUT2D eigenvalue weighted by Gasteiger charge is 2.33. The number of benzene rings is 3. The minimum atomic E-state index is -0.582. The van der Waals surface area contributed by atoms with Crippen molar-refractivity contribution in [1.29, 1.82) is 0 Å². The first kappa shape index (κ1) is 22.2. The molecule has 34 heavy (non-hydrogen) atoms. The number of fused-ring (bicyclic) bond motifs is 1. The third-order valence-corrected chi connectivity index (χ3v) is 6.59. The topological polar surface area (TPSA) is 58.6 Å². The lowest BCUT2D eigenvalue weighted by atomic mass is 9.87. The first-order valence-electron chi connectivity index (χ1n) is 12.0. The summed E-state index contributed by atoms with van der Waals surface area (Å²) < 4.78 is 6.04. The molecule has 174 valence electrons. The van der Waals surface area contributed by atoms with Gasteiger partial charge < -0.3 is 15.0 Å². The monoisotopic (exact) mass is 454 g/mol.